The SMILES string of the molecule is CCOC(=O)N1CCN(C(=NC)NCCc2csc(C)n2)CC1.I. The van der Waals surface area contributed by atoms with E-state index in [4.69, 9.17) is 4.74 Å². The topological polar surface area (TPSA) is 70.1 Å². The number of hydrogen-bond donors (Lipinski definition) is 1. The zero-order valence-electron chi connectivity index (χ0n) is 14.4. The lowest BCUT2D eigenvalue weighted by Gasteiger charge is -2.35. The van der Waals surface area contributed by atoms with Crippen LogP contribution in [0.5, 0.6) is 0 Å². The number of amides is 1. The summed E-state index contributed by atoms with van der Waals surface area (Å²) in [6.07, 6.45) is 0.653. The van der Waals surface area contributed by atoms with Crippen molar-refractivity contribution in [1.29, 1.82) is 0 Å². The van der Waals surface area contributed by atoms with E-state index >= 15 is 0 Å². The van der Waals surface area contributed by atoms with Gasteiger partial charge >= 0.3 is 6.09 Å². The highest BCUT2D eigenvalue weighted by atomic mass is 127. The molecule has 0 unspecified atom stereocenters. The number of thiazole rings is 1. The van der Waals surface area contributed by atoms with Gasteiger partial charge in [-0.15, -0.1) is 35.3 Å². The minimum absolute atomic E-state index is 0. The number of guanidine groups is 1. The molecule has 1 fully saturated rings. The third kappa shape index (κ3) is 6.08. The second-order valence-corrected chi connectivity index (χ2v) is 6.32. The fourth-order valence-corrected chi connectivity index (χ4v) is 3.12. The maximum absolute atomic E-state index is 11.7. The molecule has 1 aliphatic heterocycles. The number of aliphatic imine (C=N–C) groups is 1. The molecule has 9 heteroatoms. The highest BCUT2D eigenvalue weighted by molar-refractivity contribution is 14.0. The number of carbonyl (C=O) groups is 1. The first-order chi connectivity index (χ1) is 11.1. The van der Waals surface area contributed by atoms with E-state index in [1.54, 1.807) is 23.3 Å². The number of carbonyl (C=O) groups excluding carboxylic acids is 1. The van der Waals surface area contributed by atoms with Crippen LogP contribution in [-0.2, 0) is 11.2 Å². The lowest BCUT2D eigenvalue weighted by atomic mass is 10.3. The van der Waals surface area contributed by atoms with Crippen LogP contribution in [0.2, 0.25) is 0 Å². The van der Waals surface area contributed by atoms with E-state index in [-0.39, 0.29) is 30.1 Å². The van der Waals surface area contributed by atoms with Crippen molar-refractivity contribution in [3.8, 4) is 0 Å². The molecule has 7 nitrogen and oxygen atoms in total. The van der Waals surface area contributed by atoms with Crippen molar-refractivity contribution in [1.82, 2.24) is 20.1 Å². The summed E-state index contributed by atoms with van der Waals surface area (Å²) in [4.78, 5) is 24.4. The highest BCUT2D eigenvalue weighted by Gasteiger charge is 2.23. The Labute approximate surface area is 164 Å². The van der Waals surface area contributed by atoms with Gasteiger partial charge in [0.25, 0.3) is 0 Å². The van der Waals surface area contributed by atoms with Gasteiger partial charge in [-0.25, -0.2) is 9.78 Å². The van der Waals surface area contributed by atoms with Gasteiger partial charge in [0.05, 0.1) is 17.3 Å². The number of nitrogens with zero attached hydrogens (tertiary/aromatic N) is 4. The molecule has 1 aliphatic rings. The fourth-order valence-electron chi connectivity index (χ4n) is 2.47. The first kappa shape index (κ1) is 20.9. The molecule has 1 saturated heterocycles. The van der Waals surface area contributed by atoms with Crippen molar-refractivity contribution >= 4 is 47.4 Å². The highest BCUT2D eigenvalue weighted by Crippen LogP contribution is 2.08. The third-order valence-electron chi connectivity index (χ3n) is 3.65. The molecule has 0 bridgehead atoms. The zero-order chi connectivity index (χ0) is 16.7. The van der Waals surface area contributed by atoms with E-state index in [2.05, 4.69) is 25.6 Å². The van der Waals surface area contributed by atoms with Crippen LogP contribution in [0.25, 0.3) is 0 Å². The molecule has 0 saturated carbocycles. The Kier molecular flexibility index (Phi) is 9.34. The van der Waals surface area contributed by atoms with Gasteiger partial charge in [-0.3, -0.25) is 4.99 Å². The summed E-state index contributed by atoms with van der Waals surface area (Å²) < 4.78 is 5.04. The second-order valence-electron chi connectivity index (χ2n) is 5.25. The predicted molar refractivity (Wildman–Crippen MR) is 107 cm³/mol. The largest absolute Gasteiger partial charge is 0.450 e. The van der Waals surface area contributed by atoms with Crippen LogP contribution in [0, 0.1) is 6.92 Å². The summed E-state index contributed by atoms with van der Waals surface area (Å²) in [5.74, 6) is 0.875. The molecule has 1 N–H and O–H groups in total. The van der Waals surface area contributed by atoms with E-state index in [9.17, 15) is 4.79 Å². The average Bonchev–Trinajstić information content (AvgIpc) is 2.97. The number of aromatic nitrogens is 1. The number of halogens is 1. The van der Waals surface area contributed by atoms with Crippen molar-refractivity contribution in [3.05, 3.63) is 16.1 Å². The maximum atomic E-state index is 11.7. The van der Waals surface area contributed by atoms with Crippen molar-refractivity contribution in [2.75, 3.05) is 46.4 Å². The van der Waals surface area contributed by atoms with Gasteiger partial charge in [-0.1, -0.05) is 0 Å². The first-order valence-electron chi connectivity index (χ1n) is 7.92. The Morgan fingerprint density at radius 3 is 2.58 bits per heavy atom. The van der Waals surface area contributed by atoms with Crippen molar-refractivity contribution < 1.29 is 9.53 Å². The lowest BCUT2D eigenvalue weighted by Crippen LogP contribution is -2.54. The van der Waals surface area contributed by atoms with Crippen molar-refractivity contribution in [3.63, 3.8) is 0 Å². The molecule has 1 aromatic heterocycles. The molecule has 1 aromatic rings. The molecule has 0 radical (unpaired) electrons. The quantitative estimate of drug-likeness (QED) is 0.417. The van der Waals surface area contributed by atoms with Crippen LogP contribution in [0.3, 0.4) is 0 Å². The zero-order valence-corrected chi connectivity index (χ0v) is 17.6. The smallest absolute Gasteiger partial charge is 0.409 e. The molecule has 136 valence electrons. The molecule has 24 heavy (non-hydrogen) atoms. The normalized spacial score (nSPS) is 15.0. The average molecular weight is 467 g/mol. The van der Waals surface area contributed by atoms with E-state index in [0.717, 1.165) is 42.7 Å². The van der Waals surface area contributed by atoms with Crippen LogP contribution >= 0.6 is 35.3 Å². The summed E-state index contributed by atoms with van der Waals surface area (Å²) in [7, 11) is 1.78. The Bertz CT molecular complexity index is 544. The molecule has 2 heterocycles. The van der Waals surface area contributed by atoms with Crippen molar-refractivity contribution in [2.24, 2.45) is 4.99 Å². The number of nitrogens with one attached hydrogen (secondary N) is 1. The molecule has 1 amide bonds. The third-order valence-corrected chi connectivity index (χ3v) is 4.47. The van der Waals surface area contributed by atoms with Crippen LogP contribution in [0.15, 0.2) is 10.4 Å². The number of piperazine rings is 1. The number of aryl methyl sites for hydroxylation is 1. The Morgan fingerprint density at radius 2 is 2.04 bits per heavy atom. The van der Waals surface area contributed by atoms with Gasteiger partial charge in [0, 0.05) is 51.6 Å². The second kappa shape index (κ2) is 10.7. The summed E-state index contributed by atoms with van der Waals surface area (Å²) in [6, 6.07) is 0. The molecule has 0 aromatic carbocycles. The monoisotopic (exact) mass is 467 g/mol. The van der Waals surface area contributed by atoms with Gasteiger partial charge in [0.1, 0.15) is 0 Å². The minimum Gasteiger partial charge on any atom is -0.450 e. The minimum atomic E-state index is -0.228. The first-order valence-corrected chi connectivity index (χ1v) is 8.80. The number of hydrogen-bond acceptors (Lipinski definition) is 5. The standard InChI is InChI=1S/C15H25N5O2S.HI/c1-4-22-15(21)20-9-7-19(8-10-20)14(16-3)17-6-5-13-11-23-12(2)18-13;/h11H,4-10H2,1-3H3,(H,16,17);1H. The summed E-state index contributed by atoms with van der Waals surface area (Å²) >= 11 is 1.68. The summed E-state index contributed by atoms with van der Waals surface area (Å²) in [5.41, 5.74) is 1.11. The molecule has 0 spiro atoms. The predicted octanol–water partition coefficient (Wildman–Crippen LogP) is 1.96. The van der Waals surface area contributed by atoms with Gasteiger partial charge in [0.15, 0.2) is 5.96 Å². The molecular weight excluding hydrogens is 441 g/mol. The summed E-state index contributed by atoms with van der Waals surface area (Å²) in [5, 5.41) is 6.56. The van der Waals surface area contributed by atoms with E-state index in [1.165, 1.54) is 0 Å². The Balaban J connectivity index is 0.00000288. The molecule has 0 atom stereocenters. The van der Waals surface area contributed by atoms with Gasteiger partial charge in [0.2, 0.25) is 0 Å². The van der Waals surface area contributed by atoms with Crippen molar-refractivity contribution in [2.45, 2.75) is 20.3 Å². The molecule has 2 rings (SSSR count). The van der Waals surface area contributed by atoms with Gasteiger partial charge in [-0.2, -0.15) is 0 Å². The van der Waals surface area contributed by atoms with E-state index in [0.29, 0.717) is 19.7 Å². The van der Waals surface area contributed by atoms with Gasteiger partial charge in [-0.05, 0) is 13.8 Å². The summed E-state index contributed by atoms with van der Waals surface area (Å²) in [6.45, 7) is 7.89. The van der Waals surface area contributed by atoms with E-state index in [1.807, 2.05) is 13.8 Å². The Hall–Kier alpha value is -1.10. The van der Waals surface area contributed by atoms with Crippen LogP contribution < -0.4 is 5.32 Å². The molecular formula is C15H26IN5O2S. The number of rotatable bonds is 4. The van der Waals surface area contributed by atoms with E-state index < -0.39 is 0 Å². The maximum Gasteiger partial charge on any atom is 0.409 e. The fraction of sp³-hybridized carbons (Fsp3) is 0.667. The number of ether oxygens (including phenoxy) is 1. The van der Waals surface area contributed by atoms with Crippen LogP contribution in [0.1, 0.15) is 17.6 Å². The molecule has 0 aliphatic carbocycles. The van der Waals surface area contributed by atoms with Gasteiger partial charge < -0.3 is 19.9 Å². The lowest BCUT2D eigenvalue weighted by molar-refractivity contribution is 0.0915. The van der Waals surface area contributed by atoms with Crippen LogP contribution in [0.4, 0.5) is 4.79 Å². The van der Waals surface area contributed by atoms with Crippen LogP contribution in [-0.4, -0.2) is 73.2 Å². The Morgan fingerprint density at radius 1 is 1.38 bits per heavy atom.